The van der Waals surface area contributed by atoms with Crippen LogP contribution in [0.2, 0.25) is 0 Å². The first-order valence-electron chi connectivity index (χ1n) is 24.1. The number of unbranched alkanes of at least 4 members (excludes halogenated alkanes) is 24. The molecule has 1 aliphatic carbocycles. The van der Waals surface area contributed by atoms with Crippen LogP contribution < -0.4 is 34.5 Å². The minimum atomic E-state index is -5.89. The Hall–Kier alpha value is 0.300. The van der Waals surface area contributed by atoms with Crippen LogP contribution >= 0.6 is 31.3 Å². The zero-order valence-electron chi connectivity index (χ0n) is 40.3. The maximum absolute atomic E-state index is 13.1. The van der Waals surface area contributed by atoms with Gasteiger partial charge in [-0.05, 0) is 12.8 Å². The molecule has 27 heteroatoms. The first-order chi connectivity index (χ1) is 31.5. The van der Waals surface area contributed by atoms with E-state index in [9.17, 15) is 72.3 Å². The second kappa shape index (κ2) is 37.9. The monoisotopic (exact) mass is 1070 g/mol. The summed E-state index contributed by atoms with van der Waals surface area (Å²) in [5.41, 5.74) is 0. The molecule has 1 aliphatic rings. The van der Waals surface area contributed by atoms with E-state index < -0.39 is 99.2 Å². The van der Waals surface area contributed by atoms with E-state index >= 15 is 0 Å². The number of aliphatic hydroxyl groups excluding tert-OH is 2. The van der Waals surface area contributed by atoms with Gasteiger partial charge in [-0.2, -0.15) is 0 Å². The summed E-state index contributed by atoms with van der Waals surface area (Å²) in [6.45, 7) is 2.66. The fraction of sp³-hybridized carbons (Fsp3) is 0.951. The zero-order valence-corrected chi connectivity index (χ0v) is 45.9. The molecule has 0 radical (unpaired) electrons. The van der Waals surface area contributed by atoms with E-state index in [0.29, 0.717) is 12.8 Å². The number of carbonyl (C=O) groups is 2. The standard InChI is InChI=1S/C41H82O22P4.Na/c1-3-5-7-9-11-13-15-17-19-21-23-25-27-29-34(42)57-31-33(59-35(43)30-28-26-24-22-20-18-16-14-12-10-8-6-4-2)32-58-67(55,56)63-38-36(44)39(60-64(46,47)48)41(62-66(52,53)54)40(37(38)45)61-65(49,50)51;/h33,36-41,44-45H,3-32H2,1-2H3,(H,55,56)(H2,46,47,48)(H2,49,50,51)(H2,52,53,54);/q;+1/p-1/t33-,36+,37+,38?,39-,40+,41?;/m1./s1. The summed E-state index contributed by atoms with van der Waals surface area (Å²) in [6, 6.07) is 0. The number of ether oxygens (including phenoxy) is 2. The third-order valence-corrected chi connectivity index (χ3v) is 13.7. The summed E-state index contributed by atoms with van der Waals surface area (Å²) in [6.07, 6.45) is 9.97. The molecule has 1 saturated carbocycles. The third-order valence-electron chi connectivity index (χ3n) is 11.1. The van der Waals surface area contributed by atoms with E-state index in [0.717, 1.165) is 64.2 Å². The van der Waals surface area contributed by atoms with Gasteiger partial charge in [0.1, 0.15) is 43.2 Å². The van der Waals surface area contributed by atoms with Crippen LogP contribution in [0.5, 0.6) is 0 Å². The molecule has 3 unspecified atom stereocenters. The average Bonchev–Trinajstić information content (AvgIpc) is 3.22. The van der Waals surface area contributed by atoms with Crippen LogP contribution in [0.15, 0.2) is 0 Å². The van der Waals surface area contributed by atoms with Gasteiger partial charge in [-0.25, -0.2) is 13.7 Å². The van der Waals surface area contributed by atoms with Crippen molar-refractivity contribution in [1.82, 2.24) is 0 Å². The van der Waals surface area contributed by atoms with Gasteiger partial charge in [-0.3, -0.25) is 27.7 Å². The molecule has 0 aromatic heterocycles. The molecule has 0 bridgehead atoms. The molecule has 0 aromatic rings. The minimum Gasteiger partial charge on any atom is -0.756 e. The summed E-state index contributed by atoms with van der Waals surface area (Å²) >= 11 is 0. The number of carbonyl (C=O) groups excluding carboxylic acids is 2. The fourth-order valence-electron chi connectivity index (χ4n) is 7.66. The van der Waals surface area contributed by atoms with E-state index in [4.69, 9.17) is 18.5 Å². The van der Waals surface area contributed by atoms with E-state index in [2.05, 4.69) is 27.4 Å². The summed E-state index contributed by atoms with van der Waals surface area (Å²) in [5, 5.41) is 21.8. The smallest absolute Gasteiger partial charge is 0.756 e. The molecule has 0 aromatic carbocycles. The van der Waals surface area contributed by atoms with Gasteiger partial charge in [0, 0.05) is 12.8 Å². The van der Waals surface area contributed by atoms with Gasteiger partial charge in [-0.1, -0.05) is 168 Å². The van der Waals surface area contributed by atoms with E-state index in [1.807, 2.05) is 0 Å². The molecule has 68 heavy (non-hydrogen) atoms. The molecule has 1 fully saturated rings. The Morgan fingerprint density at radius 3 is 1.10 bits per heavy atom. The molecular formula is C41H81NaO22P4. The largest absolute Gasteiger partial charge is 1.00 e. The molecular weight excluding hydrogens is 991 g/mol. The van der Waals surface area contributed by atoms with Gasteiger partial charge >= 0.3 is 65.0 Å². The topological polar surface area (TPSA) is 352 Å². The zero-order chi connectivity index (χ0) is 50.4. The van der Waals surface area contributed by atoms with Crippen LogP contribution in [0.1, 0.15) is 194 Å². The van der Waals surface area contributed by atoms with Gasteiger partial charge in [0.25, 0.3) is 7.82 Å². The molecule has 22 nitrogen and oxygen atoms in total. The molecule has 0 saturated heterocycles. The van der Waals surface area contributed by atoms with E-state index in [1.54, 1.807) is 0 Å². The van der Waals surface area contributed by atoms with Crippen molar-refractivity contribution in [2.75, 3.05) is 13.2 Å². The summed E-state index contributed by atoms with van der Waals surface area (Å²) in [4.78, 5) is 95.1. The molecule has 1 rings (SSSR count). The van der Waals surface area contributed by atoms with Gasteiger partial charge in [0.2, 0.25) is 0 Å². The van der Waals surface area contributed by atoms with Crippen molar-refractivity contribution in [1.29, 1.82) is 0 Å². The number of hydrogen-bond acceptors (Lipinski definition) is 16. The van der Waals surface area contributed by atoms with Gasteiger partial charge in [0.15, 0.2) is 6.10 Å². The Balaban J connectivity index is 0.0000449. The maximum Gasteiger partial charge on any atom is 1.00 e. The minimum absolute atomic E-state index is 0. The number of aliphatic hydroxyl groups is 2. The second-order valence-corrected chi connectivity index (χ2v) is 22.2. The average molecular weight is 1070 g/mol. The Bertz CT molecular complexity index is 1490. The van der Waals surface area contributed by atoms with Crippen LogP contribution in [-0.2, 0) is 59.9 Å². The molecule has 8 atom stereocenters. The molecule has 0 spiro atoms. The molecule has 398 valence electrons. The Labute approximate surface area is 424 Å². The van der Waals surface area contributed by atoms with Crippen molar-refractivity contribution in [2.45, 2.75) is 236 Å². The van der Waals surface area contributed by atoms with E-state index in [1.165, 1.54) is 89.9 Å². The normalized spacial score (nSPS) is 21.5. The van der Waals surface area contributed by atoms with Crippen LogP contribution in [0.25, 0.3) is 0 Å². The molecule has 8 N–H and O–H groups in total. The summed E-state index contributed by atoms with van der Waals surface area (Å²) in [5.74, 6) is -1.43. The van der Waals surface area contributed by atoms with Crippen molar-refractivity contribution in [3.63, 3.8) is 0 Å². The number of hydrogen-bond donors (Lipinski definition) is 8. The fourth-order valence-corrected chi connectivity index (χ4v) is 10.3. The van der Waals surface area contributed by atoms with Crippen molar-refractivity contribution >= 4 is 43.2 Å². The number of rotatable bonds is 42. The van der Waals surface area contributed by atoms with Crippen molar-refractivity contribution < 1.29 is 134 Å². The number of esters is 2. The number of phosphoric ester groups is 4. The predicted octanol–water partition coefficient (Wildman–Crippen LogP) is 4.45. The first kappa shape index (κ1) is 68.3. The Morgan fingerprint density at radius 1 is 0.456 bits per heavy atom. The third kappa shape index (κ3) is 35.5. The number of phosphoric acid groups is 4. The summed E-state index contributed by atoms with van der Waals surface area (Å²) < 4.78 is 81.6. The second-order valence-electron chi connectivity index (χ2n) is 17.3. The SMILES string of the molecule is CCCCCCCCCCCCCCCC(=O)OC[C@H](COP(=O)([O-])OC1[C@H](O)[C@H](OP(=O)(O)O)C(OP(=O)(O)O)[C@H](OP(=O)(O)O)[C@H]1O)OC(=O)CCCCCCCCCCCCCCC.[Na+]. The van der Waals surface area contributed by atoms with Crippen LogP contribution in [0, 0.1) is 0 Å². The molecule has 0 amide bonds. The van der Waals surface area contributed by atoms with Crippen molar-refractivity contribution in [3.05, 3.63) is 0 Å². The Kier molecular flexibility index (Phi) is 38.1. The van der Waals surface area contributed by atoms with Gasteiger partial charge in [0.05, 0.1) is 6.61 Å². The summed E-state index contributed by atoms with van der Waals surface area (Å²) in [7, 11) is -23.3. The van der Waals surface area contributed by atoms with Crippen molar-refractivity contribution in [2.24, 2.45) is 0 Å². The van der Waals surface area contributed by atoms with Crippen LogP contribution in [-0.4, -0.2) is 107 Å². The molecule has 0 aliphatic heterocycles. The first-order valence-corrected chi connectivity index (χ1v) is 30.1. The van der Waals surface area contributed by atoms with Gasteiger partial charge in [-0.15, -0.1) is 0 Å². The van der Waals surface area contributed by atoms with Gasteiger partial charge < -0.3 is 63.0 Å². The quantitative estimate of drug-likeness (QED) is 0.0181. The van der Waals surface area contributed by atoms with Crippen molar-refractivity contribution in [3.8, 4) is 0 Å². The van der Waals surface area contributed by atoms with E-state index in [-0.39, 0.29) is 42.4 Å². The maximum atomic E-state index is 13.1. The predicted molar refractivity (Wildman–Crippen MR) is 243 cm³/mol. The Morgan fingerprint density at radius 2 is 0.765 bits per heavy atom. The van der Waals surface area contributed by atoms with Crippen LogP contribution in [0.3, 0.4) is 0 Å². The van der Waals surface area contributed by atoms with Crippen LogP contribution in [0.4, 0.5) is 0 Å². The molecule has 0 heterocycles.